The van der Waals surface area contributed by atoms with Gasteiger partial charge in [0, 0.05) is 11.8 Å². The molecule has 1 atom stereocenters. The monoisotopic (exact) mass is 381 g/mol. The normalized spacial score (nSPS) is 18.7. The third-order valence-corrected chi connectivity index (χ3v) is 4.72. The van der Waals surface area contributed by atoms with Gasteiger partial charge >= 0.3 is 6.03 Å². The molecule has 1 aliphatic rings. The van der Waals surface area contributed by atoms with Gasteiger partial charge in [-0.3, -0.25) is 14.5 Å². The molecule has 0 radical (unpaired) electrons. The quantitative estimate of drug-likeness (QED) is 0.722. The van der Waals surface area contributed by atoms with Crippen LogP contribution in [0.1, 0.15) is 25.3 Å². The van der Waals surface area contributed by atoms with Gasteiger partial charge < -0.3 is 15.4 Å². The van der Waals surface area contributed by atoms with E-state index in [4.69, 9.17) is 4.74 Å². The minimum absolute atomic E-state index is 0.361. The highest BCUT2D eigenvalue weighted by Crippen LogP contribution is 2.33. The van der Waals surface area contributed by atoms with Gasteiger partial charge in [0.2, 0.25) is 5.91 Å². The Labute approximate surface area is 163 Å². The Kier molecular flexibility index (Phi) is 5.63. The first-order valence-corrected chi connectivity index (χ1v) is 9.13. The van der Waals surface area contributed by atoms with Crippen LogP contribution in [0.25, 0.3) is 0 Å². The van der Waals surface area contributed by atoms with Crippen LogP contribution in [0.2, 0.25) is 0 Å². The lowest BCUT2D eigenvalue weighted by Gasteiger charge is -2.26. The smallest absolute Gasteiger partial charge is 0.325 e. The largest absolute Gasteiger partial charge is 0.497 e. The number of carbonyl (C=O) groups is 3. The van der Waals surface area contributed by atoms with E-state index in [0.29, 0.717) is 29.8 Å². The zero-order chi connectivity index (χ0) is 20.1. The number of hydrogen-bond acceptors (Lipinski definition) is 4. The first-order chi connectivity index (χ1) is 13.5. The van der Waals surface area contributed by atoms with E-state index in [0.717, 1.165) is 4.90 Å². The molecule has 7 heteroatoms. The molecule has 2 N–H and O–H groups in total. The molecule has 0 aromatic heterocycles. The number of benzene rings is 2. The van der Waals surface area contributed by atoms with Crippen molar-refractivity contribution in [2.24, 2.45) is 0 Å². The number of ether oxygens (including phenoxy) is 1. The van der Waals surface area contributed by atoms with Crippen LogP contribution in [0, 0.1) is 0 Å². The minimum Gasteiger partial charge on any atom is -0.497 e. The van der Waals surface area contributed by atoms with Crippen molar-refractivity contribution in [2.45, 2.75) is 25.3 Å². The summed E-state index contributed by atoms with van der Waals surface area (Å²) in [5.74, 6) is -0.276. The van der Waals surface area contributed by atoms with Gasteiger partial charge in [-0.25, -0.2) is 4.79 Å². The Morgan fingerprint density at radius 2 is 1.89 bits per heavy atom. The SMILES string of the molecule is CCC[C@@]1(c2ccccc2)NC(=O)N(CC(=O)Nc2cccc(OC)c2)C1=O. The summed E-state index contributed by atoms with van der Waals surface area (Å²) in [5.41, 5.74) is 0.105. The molecule has 28 heavy (non-hydrogen) atoms. The lowest BCUT2D eigenvalue weighted by atomic mass is 9.85. The van der Waals surface area contributed by atoms with E-state index in [1.807, 2.05) is 37.3 Å². The third-order valence-electron chi connectivity index (χ3n) is 4.72. The second kappa shape index (κ2) is 8.12. The minimum atomic E-state index is -1.14. The molecule has 1 heterocycles. The molecular weight excluding hydrogens is 358 g/mol. The molecular formula is C21H23N3O4. The zero-order valence-corrected chi connectivity index (χ0v) is 15.9. The van der Waals surface area contributed by atoms with Crippen LogP contribution in [0.3, 0.4) is 0 Å². The molecule has 0 spiro atoms. The topological polar surface area (TPSA) is 87.7 Å². The van der Waals surface area contributed by atoms with Crippen molar-refractivity contribution in [3.63, 3.8) is 0 Å². The molecule has 0 aliphatic carbocycles. The molecule has 0 saturated carbocycles. The standard InChI is InChI=1S/C21H23N3O4/c1-3-12-21(15-8-5-4-6-9-15)19(26)24(20(27)23-21)14-18(25)22-16-10-7-11-17(13-16)28-2/h4-11,13H,3,12,14H2,1-2H3,(H,22,25)(H,23,27)/t21-/m0/s1. The molecule has 3 rings (SSSR count). The summed E-state index contributed by atoms with van der Waals surface area (Å²) in [6.45, 7) is 1.59. The lowest BCUT2D eigenvalue weighted by molar-refractivity contribution is -0.134. The van der Waals surface area contributed by atoms with Gasteiger partial charge in [-0.1, -0.05) is 49.7 Å². The van der Waals surface area contributed by atoms with Crippen LogP contribution >= 0.6 is 0 Å². The summed E-state index contributed by atoms with van der Waals surface area (Å²) in [7, 11) is 1.53. The molecule has 0 unspecified atom stereocenters. The van der Waals surface area contributed by atoms with Gasteiger partial charge in [-0.05, 0) is 24.1 Å². The highest BCUT2D eigenvalue weighted by Gasteiger charge is 2.52. The van der Waals surface area contributed by atoms with E-state index in [9.17, 15) is 14.4 Å². The van der Waals surface area contributed by atoms with E-state index in [1.54, 1.807) is 24.3 Å². The predicted octanol–water partition coefficient (Wildman–Crippen LogP) is 2.88. The van der Waals surface area contributed by atoms with Gasteiger partial charge in [-0.15, -0.1) is 0 Å². The molecule has 146 valence electrons. The van der Waals surface area contributed by atoms with E-state index in [-0.39, 0.29) is 6.54 Å². The van der Waals surface area contributed by atoms with Crippen LogP contribution in [0.4, 0.5) is 10.5 Å². The molecule has 0 bridgehead atoms. The summed E-state index contributed by atoms with van der Waals surface area (Å²) in [4.78, 5) is 39.1. The molecule has 2 aromatic rings. The average Bonchev–Trinajstić information content (AvgIpc) is 2.94. The number of urea groups is 1. The number of imide groups is 1. The first kappa shape index (κ1) is 19.4. The summed E-state index contributed by atoms with van der Waals surface area (Å²) < 4.78 is 5.13. The predicted molar refractivity (Wildman–Crippen MR) is 105 cm³/mol. The number of rotatable bonds is 7. The fraction of sp³-hybridized carbons (Fsp3) is 0.286. The van der Waals surface area contributed by atoms with Crippen molar-refractivity contribution in [1.82, 2.24) is 10.2 Å². The molecule has 1 aliphatic heterocycles. The van der Waals surface area contributed by atoms with E-state index >= 15 is 0 Å². The number of carbonyl (C=O) groups excluding carboxylic acids is 3. The summed E-state index contributed by atoms with van der Waals surface area (Å²) in [5, 5.41) is 5.50. The van der Waals surface area contributed by atoms with Crippen molar-refractivity contribution < 1.29 is 19.1 Å². The molecule has 4 amide bonds. The molecule has 1 saturated heterocycles. The maximum atomic E-state index is 13.2. The van der Waals surface area contributed by atoms with Crippen LogP contribution in [-0.4, -0.2) is 36.4 Å². The second-order valence-corrected chi connectivity index (χ2v) is 6.62. The lowest BCUT2D eigenvalue weighted by Crippen LogP contribution is -2.44. The van der Waals surface area contributed by atoms with E-state index in [1.165, 1.54) is 7.11 Å². The number of anilines is 1. The van der Waals surface area contributed by atoms with Crippen molar-refractivity contribution >= 4 is 23.5 Å². The van der Waals surface area contributed by atoms with Crippen LogP contribution in [0.5, 0.6) is 5.75 Å². The first-order valence-electron chi connectivity index (χ1n) is 9.13. The molecule has 7 nitrogen and oxygen atoms in total. The van der Waals surface area contributed by atoms with Crippen LogP contribution in [-0.2, 0) is 15.1 Å². The number of methoxy groups -OCH3 is 1. The summed E-state index contributed by atoms with van der Waals surface area (Å²) in [6.07, 6.45) is 1.15. The number of amides is 4. The summed E-state index contributed by atoms with van der Waals surface area (Å²) in [6, 6.07) is 15.4. The van der Waals surface area contributed by atoms with Gasteiger partial charge in [0.1, 0.15) is 17.8 Å². The Balaban J connectivity index is 1.78. The summed E-state index contributed by atoms with van der Waals surface area (Å²) >= 11 is 0. The Morgan fingerprint density at radius 1 is 1.14 bits per heavy atom. The Bertz CT molecular complexity index is 884. The number of nitrogens with one attached hydrogen (secondary N) is 2. The van der Waals surface area contributed by atoms with Crippen molar-refractivity contribution in [3.8, 4) is 5.75 Å². The van der Waals surface area contributed by atoms with Crippen LogP contribution in [0.15, 0.2) is 54.6 Å². The molecule has 2 aromatic carbocycles. The fourth-order valence-electron chi connectivity index (χ4n) is 3.42. The number of nitrogens with zero attached hydrogens (tertiary/aromatic N) is 1. The Morgan fingerprint density at radius 3 is 2.57 bits per heavy atom. The fourth-order valence-corrected chi connectivity index (χ4v) is 3.42. The van der Waals surface area contributed by atoms with Gasteiger partial charge in [0.15, 0.2) is 0 Å². The average molecular weight is 381 g/mol. The van der Waals surface area contributed by atoms with Gasteiger partial charge in [-0.2, -0.15) is 0 Å². The zero-order valence-electron chi connectivity index (χ0n) is 15.9. The third kappa shape index (κ3) is 3.69. The molecule has 1 fully saturated rings. The van der Waals surface area contributed by atoms with E-state index in [2.05, 4.69) is 10.6 Å². The van der Waals surface area contributed by atoms with Crippen molar-refractivity contribution in [1.29, 1.82) is 0 Å². The van der Waals surface area contributed by atoms with Crippen molar-refractivity contribution in [3.05, 3.63) is 60.2 Å². The second-order valence-electron chi connectivity index (χ2n) is 6.62. The maximum Gasteiger partial charge on any atom is 0.325 e. The van der Waals surface area contributed by atoms with Crippen LogP contribution < -0.4 is 15.4 Å². The number of hydrogen-bond donors (Lipinski definition) is 2. The van der Waals surface area contributed by atoms with Gasteiger partial charge in [0.05, 0.1) is 7.11 Å². The highest BCUT2D eigenvalue weighted by atomic mass is 16.5. The Hall–Kier alpha value is -3.35. The van der Waals surface area contributed by atoms with Crippen molar-refractivity contribution in [2.75, 3.05) is 19.0 Å². The van der Waals surface area contributed by atoms with Gasteiger partial charge in [0.25, 0.3) is 5.91 Å². The highest BCUT2D eigenvalue weighted by molar-refractivity contribution is 6.10. The maximum absolute atomic E-state index is 13.2. The van der Waals surface area contributed by atoms with E-state index < -0.39 is 23.4 Å².